The van der Waals surface area contributed by atoms with Gasteiger partial charge in [-0.15, -0.1) is 0 Å². The van der Waals surface area contributed by atoms with Crippen molar-refractivity contribution in [2.45, 2.75) is 33.4 Å². The van der Waals surface area contributed by atoms with E-state index in [1.807, 2.05) is 6.07 Å². The third-order valence-electron chi connectivity index (χ3n) is 5.38. The summed E-state index contributed by atoms with van der Waals surface area (Å²) in [5.41, 5.74) is 4.63. The zero-order valence-electron chi connectivity index (χ0n) is 16.9. The van der Waals surface area contributed by atoms with Crippen molar-refractivity contribution in [3.63, 3.8) is 0 Å². The number of nitrogens with zero attached hydrogens (tertiary/aromatic N) is 3. The molecule has 1 saturated heterocycles. The molecular weight excluding hydrogens is 350 g/mol. The summed E-state index contributed by atoms with van der Waals surface area (Å²) in [4.78, 5) is 7.33. The molecule has 0 atom stereocenters. The molecule has 28 heavy (non-hydrogen) atoms. The van der Waals surface area contributed by atoms with E-state index in [1.54, 1.807) is 0 Å². The quantitative estimate of drug-likeness (QED) is 0.623. The van der Waals surface area contributed by atoms with Crippen molar-refractivity contribution >= 4 is 11.0 Å². The van der Waals surface area contributed by atoms with Gasteiger partial charge < -0.3 is 14.0 Å². The summed E-state index contributed by atoms with van der Waals surface area (Å²) in [5.74, 6) is 1.92. The lowest BCUT2D eigenvalue weighted by Gasteiger charge is -2.26. The number of aromatic nitrogens is 2. The van der Waals surface area contributed by atoms with Gasteiger partial charge in [0.05, 0.1) is 24.2 Å². The van der Waals surface area contributed by atoms with Crippen LogP contribution in [0.5, 0.6) is 5.75 Å². The maximum absolute atomic E-state index is 6.13. The number of para-hydroxylation sites is 2. The highest BCUT2D eigenvalue weighted by molar-refractivity contribution is 5.75. The zero-order chi connectivity index (χ0) is 19.3. The lowest BCUT2D eigenvalue weighted by molar-refractivity contribution is 0.0369. The van der Waals surface area contributed by atoms with Crippen LogP contribution in [0.1, 0.15) is 23.4 Å². The summed E-state index contributed by atoms with van der Waals surface area (Å²) < 4.78 is 13.9. The van der Waals surface area contributed by atoms with Gasteiger partial charge in [-0.3, -0.25) is 4.90 Å². The average molecular weight is 380 g/mol. The minimum atomic E-state index is 0.482. The normalized spacial score (nSPS) is 15.2. The van der Waals surface area contributed by atoms with Crippen molar-refractivity contribution in [1.82, 2.24) is 14.5 Å². The molecule has 1 aliphatic rings. The van der Waals surface area contributed by atoms with Gasteiger partial charge >= 0.3 is 0 Å². The highest BCUT2D eigenvalue weighted by Gasteiger charge is 2.14. The Hall–Kier alpha value is -2.37. The van der Waals surface area contributed by atoms with Crippen LogP contribution in [-0.2, 0) is 17.9 Å². The van der Waals surface area contributed by atoms with Crippen LogP contribution in [0.4, 0.5) is 0 Å². The fourth-order valence-corrected chi connectivity index (χ4v) is 3.87. The predicted octanol–water partition coefficient (Wildman–Crippen LogP) is 3.95. The molecule has 4 rings (SSSR count). The smallest absolute Gasteiger partial charge is 0.147 e. The predicted molar refractivity (Wildman–Crippen MR) is 112 cm³/mol. The molecule has 0 unspecified atom stereocenters. The number of hydrogen-bond donors (Lipinski definition) is 0. The van der Waals surface area contributed by atoms with E-state index in [0.29, 0.717) is 6.61 Å². The average Bonchev–Trinajstić information content (AvgIpc) is 3.06. The molecule has 0 amide bonds. The minimum Gasteiger partial charge on any atom is -0.485 e. The van der Waals surface area contributed by atoms with Crippen molar-refractivity contribution < 1.29 is 9.47 Å². The van der Waals surface area contributed by atoms with E-state index in [9.17, 15) is 0 Å². The molecule has 5 heteroatoms. The second kappa shape index (κ2) is 8.76. The van der Waals surface area contributed by atoms with Crippen LogP contribution in [0.3, 0.4) is 0 Å². The lowest BCUT2D eigenvalue weighted by Crippen LogP contribution is -2.37. The molecule has 1 aromatic heterocycles. The Morgan fingerprint density at radius 3 is 2.68 bits per heavy atom. The first-order valence-electron chi connectivity index (χ1n) is 10.1. The first kappa shape index (κ1) is 19.0. The fourth-order valence-electron chi connectivity index (χ4n) is 3.87. The summed E-state index contributed by atoms with van der Waals surface area (Å²) in [6.07, 6.45) is 1.09. The molecule has 0 radical (unpaired) electrons. The number of aryl methyl sites for hydroxylation is 3. The van der Waals surface area contributed by atoms with Gasteiger partial charge in [-0.2, -0.15) is 0 Å². The van der Waals surface area contributed by atoms with Gasteiger partial charge in [-0.25, -0.2) is 4.98 Å². The number of morpholine rings is 1. The van der Waals surface area contributed by atoms with Crippen LogP contribution in [-0.4, -0.2) is 47.3 Å². The highest BCUT2D eigenvalue weighted by atomic mass is 16.5. The molecule has 0 spiro atoms. The standard InChI is InChI=1S/C23H29N3O2/c1-18-8-9-22(19(2)16-18)28-17-23-24-20-6-3-4-7-21(20)26(23)11-5-10-25-12-14-27-15-13-25/h3-4,6-9,16H,5,10-15,17H2,1-2H3. The SMILES string of the molecule is Cc1ccc(OCc2nc3ccccc3n2CCCN2CCOCC2)c(C)c1. The van der Waals surface area contributed by atoms with Gasteiger partial charge in [0.15, 0.2) is 0 Å². The van der Waals surface area contributed by atoms with Crippen molar-refractivity contribution in [2.24, 2.45) is 0 Å². The summed E-state index contributed by atoms with van der Waals surface area (Å²) in [6, 6.07) is 14.6. The van der Waals surface area contributed by atoms with Crippen LogP contribution in [0.25, 0.3) is 11.0 Å². The van der Waals surface area contributed by atoms with Crippen LogP contribution in [0, 0.1) is 13.8 Å². The van der Waals surface area contributed by atoms with Crippen molar-refractivity contribution in [3.8, 4) is 5.75 Å². The molecule has 0 N–H and O–H groups in total. The molecule has 0 saturated carbocycles. The van der Waals surface area contributed by atoms with Gasteiger partial charge in [0, 0.05) is 26.2 Å². The highest BCUT2D eigenvalue weighted by Crippen LogP contribution is 2.22. The van der Waals surface area contributed by atoms with Gasteiger partial charge in [0.2, 0.25) is 0 Å². The Kier molecular flexibility index (Phi) is 5.93. The van der Waals surface area contributed by atoms with E-state index in [0.717, 1.165) is 68.5 Å². The molecule has 5 nitrogen and oxygen atoms in total. The Morgan fingerprint density at radius 2 is 1.86 bits per heavy atom. The van der Waals surface area contributed by atoms with E-state index >= 15 is 0 Å². The lowest BCUT2D eigenvalue weighted by atomic mass is 10.1. The van der Waals surface area contributed by atoms with E-state index < -0.39 is 0 Å². The number of rotatable bonds is 7. The largest absolute Gasteiger partial charge is 0.485 e. The first-order chi connectivity index (χ1) is 13.7. The van der Waals surface area contributed by atoms with Gasteiger partial charge in [-0.1, -0.05) is 29.8 Å². The van der Waals surface area contributed by atoms with Gasteiger partial charge in [0.25, 0.3) is 0 Å². The second-order valence-corrected chi connectivity index (χ2v) is 7.53. The first-order valence-corrected chi connectivity index (χ1v) is 10.1. The van der Waals surface area contributed by atoms with Crippen LogP contribution in [0.15, 0.2) is 42.5 Å². The Labute approximate surface area is 166 Å². The Balaban J connectivity index is 1.48. The fraction of sp³-hybridized carbons (Fsp3) is 0.435. The number of fused-ring (bicyclic) bond motifs is 1. The third kappa shape index (κ3) is 4.37. The zero-order valence-corrected chi connectivity index (χ0v) is 16.9. The van der Waals surface area contributed by atoms with Gasteiger partial charge in [0.1, 0.15) is 18.2 Å². The van der Waals surface area contributed by atoms with Crippen LogP contribution < -0.4 is 4.74 Å². The number of hydrogen-bond acceptors (Lipinski definition) is 4. The second-order valence-electron chi connectivity index (χ2n) is 7.53. The van der Waals surface area contributed by atoms with Crippen molar-refractivity contribution in [1.29, 1.82) is 0 Å². The molecule has 2 aromatic carbocycles. The minimum absolute atomic E-state index is 0.482. The van der Waals surface area contributed by atoms with Crippen LogP contribution in [0.2, 0.25) is 0 Å². The van der Waals surface area contributed by atoms with Crippen LogP contribution >= 0.6 is 0 Å². The number of ether oxygens (including phenoxy) is 2. The Bertz CT molecular complexity index is 929. The Morgan fingerprint density at radius 1 is 1.04 bits per heavy atom. The van der Waals surface area contributed by atoms with Crippen molar-refractivity contribution in [2.75, 3.05) is 32.8 Å². The summed E-state index contributed by atoms with van der Waals surface area (Å²) in [7, 11) is 0. The molecule has 0 aliphatic carbocycles. The summed E-state index contributed by atoms with van der Waals surface area (Å²) >= 11 is 0. The molecule has 0 bridgehead atoms. The van der Waals surface area contributed by atoms with Gasteiger partial charge in [-0.05, 0) is 44.0 Å². The topological polar surface area (TPSA) is 39.5 Å². The van der Waals surface area contributed by atoms with E-state index in [1.165, 1.54) is 11.1 Å². The molecular formula is C23H29N3O2. The third-order valence-corrected chi connectivity index (χ3v) is 5.38. The van der Waals surface area contributed by atoms with E-state index in [2.05, 4.69) is 59.7 Å². The van der Waals surface area contributed by atoms with E-state index in [4.69, 9.17) is 14.5 Å². The molecule has 3 aromatic rings. The molecule has 1 fully saturated rings. The molecule has 148 valence electrons. The maximum atomic E-state index is 6.13. The van der Waals surface area contributed by atoms with Crippen molar-refractivity contribution in [3.05, 3.63) is 59.4 Å². The van der Waals surface area contributed by atoms with E-state index in [-0.39, 0.29) is 0 Å². The number of imidazole rings is 1. The monoisotopic (exact) mass is 379 g/mol. The maximum Gasteiger partial charge on any atom is 0.147 e. The molecule has 1 aliphatic heterocycles. The molecule has 2 heterocycles. The summed E-state index contributed by atoms with van der Waals surface area (Å²) in [5, 5.41) is 0. The summed E-state index contributed by atoms with van der Waals surface area (Å²) in [6.45, 7) is 10.5. The number of benzene rings is 2.